The predicted molar refractivity (Wildman–Crippen MR) is 162 cm³/mol. The molecule has 0 radical (unpaired) electrons. The number of H-pyrrole nitrogens is 1. The second-order valence-corrected chi connectivity index (χ2v) is 10.5. The molecule has 41 heavy (non-hydrogen) atoms. The molecule has 4 rings (SSSR count). The Labute approximate surface area is 239 Å². The maximum atomic E-state index is 13.5. The highest BCUT2D eigenvalue weighted by atomic mass is 16.6. The van der Waals surface area contributed by atoms with Crippen LogP contribution in [-0.4, -0.2) is 42.2 Å². The minimum atomic E-state index is -0.418. The summed E-state index contributed by atoms with van der Waals surface area (Å²) >= 11 is 0. The monoisotopic (exact) mass is 556 g/mol. The van der Waals surface area contributed by atoms with Gasteiger partial charge in [-0.1, -0.05) is 39.8 Å². The van der Waals surface area contributed by atoms with Crippen molar-refractivity contribution in [2.24, 2.45) is 0 Å². The van der Waals surface area contributed by atoms with Gasteiger partial charge in [-0.2, -0.15) is 0 Å². The molecule has 2 aromatic heterocycles. The van der Waals surface area contributed by atoms with E-state index in [-0.39, 0.29) is 36.7 Å². The van der Waals surface area contributed by atoms with E-state index in [4.69, 9.17) is 9.47 Å². The lowest BCUT2D eigenvalue weighted by atomic mass is 9.88. The first-order valence-electron chi connectivity index (χ1n) is 13.6. The molecule has 9 heteroatoms. The molecule has 0 atom stereocenters. The van der Waals surface area contributed by atoms with Gasteiger partial charge in [-0.3, -0.25) is 14.5 Å². The zero-order valence-electron chi connectivity index (χ0n) is 24.3. The lowest BCUT2D eigenvalue weighted by Gasteiger charge is -2.25. The maximum absolute atomic E-state index is 13.5. The zero-order chi connectivity index (χ0) is 29.7. The fourth-order valence-corrected chi connectivity index (χ4v) is 4.59. The van der Waals surface area contributed by atoms with Gasteiger partial charge in [0.15, 0.2) is 0 Å². The summed E-state index contributed by atoms with van der Waals surface area (Å²) in [5, 5.41) is 3.83. The number of aromatic amines is 1. The van der Waals surface area contributed by atoms with E-state index in [9.17, 15) is 14.4 Å². The number of rotatable bonds is 9. The fourth-order valence-electron chi connectivity index (χ4n) is 4.59. The number of aromatic nitrogens is 2. The van der Waals surface area contributed by atoms with E-state index in [1.54, 1.807) is 25.4 Å². The molecule has 0 unspecified atom stereocenters. The van der Waals surface area contributed by atoms with Crippen LogP contribution in [0, 0.1) is 0 Å². The summed E-state index contributed by atoms with van der Waals surface area (Å²) in [5.74, 6) is 0.531. The predicted octanol–water partition coefficient (Wildman–Crippen LogP) is 6.45. The summed E-state index contributed by atoms with van der Waals surface area (Å²) < 4.78 is 10.7. The summed E-state index contributed by atoms with van der Waals surface area (Å²) in [6, 6.07) is 16.8. The van der Waals surface area contributed by atoms with Crippen molar-refractivity contribution in [1.29, 1.82) is 0 Å². The summed E-state index contributed by atoms with van der Waals surface area (Å²) in [6.45, 7) is 10.1. The molecule has 0 saturated heterocycles. The van der Waals surface area contributed by atoms with E-state index in [1.807, 2.05) is 30.3 Å². The third-order valence-corrected chi connectivity index (χ3v) is 6.76. The Morgan fingerprint density at radius 2 is 1.66 bits per heavy atom. The number of nitrogens with zero attached hydrogens (tertiary/aromatic N) is 2. The van der Waals surface area contributed by atoms with Crippen LogP contribution in [-0.2, 0) is 9.53 Å². The van der Waals surface area contributed by atoms with Gasteiger partial charge in [0.25, 0.3) is 5.56 Å². The van der Waals surface area contributed by atoms with Gasteiger partial charge in [0.05, 0.1) is 0 Å². The minimum Gasteiger partial charge on any atom is -0.490 e. The van der Waals surface area contributed by atoms with Crippen LogP contribution < -0.4 is 20.5 Å². The number of urea groups is 1. The second kappa shape index (κ2) is 12.7. The summed E-state index contributed by atoms with van der Waals surface area (Å²) in [6.07, 6.45) is 1.61. The molecule has 0 aliphatic rings. The van der Waals surface area contributed by atoms with E-state index in [0.717, 1.165) is 33.3 Å². The van der Waals surface area contributed by atoms with Crippen molar-refractivity contribution in [3.8, 4) is 16.9 Å². The number of nitrogens with one attached hydrogen (secondary N) is 2. The number of hydrogen-bond donors (Lipinski definition) is 2. The van der Waals surface area contributed by atoms with Crippen LogP contribution in [0.15, 0.2) is 65.6 Å². The van der Waals surface area contributed by atoms with Crippen molar-refractivity contribution < 1.29 is 19.1 Å². The van der Waals surface area contributed by atoms with Crippen molar-refractivity contribution in [3.05, 3.63) is 82.3 Å². The largest absolute Gasteiger partial charge is 0.490 e. The molecule has 0 aliphatic carbocycles. The number of esters is 1. The van der Waals surface area contributed by atoms with Crippen LogP contribution in [0.2, 0.25) is 0 Å². The molecule has 0 aliphatic heterocycles. The first-order chi connectivity index (χ1) is 19.5. The van der Waals surface area contributed by atoms with E-state index < -0.39 is 11.6 Å². The Morgan fingerprint density at radius 1 is 0.951 bits per heavy atom. The summed E-state index contributed by atoms with van der Waals surface area (Å²) in [5.41, 5.74) is 4.95. The van der Waals surface area contributed by atoms with Crippen LogP contribution in [0.3, 0.4) is 0 Å². The molecule has 2 amide bonds. The highest BCUT2D eigenvalue weighted by Crippen LogP contribution is 2.38. The number of pyridine rings is 2. The molecule has 4 aromatic rings. The van der Waals surface area contributed by atoms with Crippen LogP contribution in [0.5, 0.6) is 5.75 Å². The van der Waals surface area contributed by atoms with Crippen molar-refractivity contribution >= 4 is 34.4 Å². The number of carbonyl (C=O) groups excluding carboxylic acids is 2. The maximum Gasteiger partial charge on any atom is 0.326 e. The van der Waals surface area contributed by atoms with E-state index in [0.29, 0.717) is 11.4 Å². The Morgan fingerprint density at radius 3 is 2.32 bits per heavy atom. The average Bonchev–Trinajstić information content (AvgIpc) is 2.94. The standard InChI is InChI=1S/C32H36N4O5/c1-19(2)26-16-24(22-9-7-11-25(15-22)41-14-13-40-21(5)37)17-27(20(3)4)29(26)34-32(39)36(6)28-18-23-10-8-12-33-30(23)35-31(28)38/h7-12,15-20H,13-14H2,1-6H3,(H,34,39)(H,33,35,38). The molecule has 2 aromatic carbocycles. The van der Waals surface area contributed by atoms with Gasteiger partial charge in [-0.25, -0.2) is 9.78 Å². The number of carbonyl (C=O) groups is 2. The molecule has 0 bridgehead atoms. The van der Waals surface area contributed by atoms with Crippen LogP contribution in [0.25, 0.3) is 22.2 Å². The van der Waals surface area contributed by atoms with Gasteiger partial charge in [0, 0.05) is 31.2 Å². The number of anilines is 2. The Hall–Kier alpha value is -4.66. The highest BCUT2D eigenvalue weighted by Gasteiger charge is 2.22. The molecule has 0 spiro atoms. The van der Waals surface area contributed by atoms with Crippen LogP contribution in [0.1, 0.15) is 57.6 Å². The highest BCUT2D eigenvalue weighted by molar-refractivity contribution is 6.03. The normalized spacial score (nSPS) is 11.1. The third-order valence-electron chi connectivity index (χ3n) is 6.76. The third kappa shape index (κ3) is 6.92. The molecule has 2 heterocycles. The van der Waals surface area contributed by atoms with E-state index >= 15 is 0 Å². The summed E-state index contributed by atoms with van der Waals surface area (Å²) in [4.78, 5) is 45.6. The average molecular weight is 557 g/mol. The van der Waals surface area contributed by atoms with Crippen molar-refractivity contribution in [3.63, 3.8) is 0 Å². The van der Waals surface area contributed by atoms with Gasteiger partial charge < -0.3 is 19.8 Å². The van der Waals surface area contributed by atoms with Crippen LogP contribution in [0.4, 0.5) is 16.2 Å². The van der Waals surface area contributed by atoms with Crippen molar-refractivity contribution in [1.82, 2.24) is 9.97 Å². The van der Waals surface area contributed by atoms with Crippen LogP contribution >= 0.6 is 0 Å². The number of amides is 2. The van der Waals surface area contributed by atoms with E-state index in [1.165, 1.54) is 11.8 Å². The smallest absolute Gasteiger partial charge is 0.326 e. The fraction of sp³-hybridized carbons (Fsp3) is 0.312. The van der Waals surface area contributed by atoms with Gasteiger partial charge in [0.1, 0.15) is 30.3 Å². The molecule has 214 valence electrons. The van der Waals surface area contributed by atoms with Crippen molar-refractivity contribution in [2.45, 2.75) is 46.5 Å². The minimum absolute atomic E-state index is 0.103. The second-order valence-electron chi connectivity index (χ2n) is 10.5. The van der Waals surface area contributed by atoms with Gasteiger partial charge >= 0.3 is 12.0 Å². The Kier molecular flexibility index (Phi) is 9.07. The molecule has 2 N–H and O–H groups in total. The number of hydrogen-bond acceptors (Lipinski definition) is 6. The van der Waals surface area contributed by atoms with E-state index in [2.05, 4.69) is 55.1 Å². The first kappa shape index (κ1) is 29.3. The molecule has 0 fully saturated rings. The van der Waals surface area contributed by atoms with Gasteiger partial charge in [-0.05, 0) is 76.6 Å². The zero-order valence-corrected chi connectivity index (χ0v) is 24.3. The molecule has 0 saturated carbocycles. The number of ether oxygens (including phenoxy) is 2. The summed E-state index contributed by atoms with van der Waals surface area (Å²) in [7, 11) is 1.58. The Balaban J connectivity index is 1.66. The number of fused-ring (bicyclic) bond motifs is 1. The molecular formula is C32H36N4O5. The lowest BCUT2D eigenvalue weighted by Crippen LogP contribution is -2.35. The molecule has 9 nitrogen and oxygen atoms in total. The van der Waals surface area contributed by atoms with Gasteiger partial charge in [0.2, 0.25) is 0 Å². The molecular weight excluding hydrogens is 520 g/mol. The SMILES string of the molecule is CC(=O)OCCOc1cccc(-c2cc(C(C)C)c(NC(=O)N(C)c3cc4cccnc4[nH]c3=O)c(C(C)C)c2)c1. The quantitative estimate of drug-likeness (QED) is 0.181. The van der Waals surface area contributed by atoms with Gasteiger partial charge in [-0.15, -0.1) is 0 Å². The number of benzene rings is 2. The lowest BCUT2D eigenvalue weighted by molar-refractivity contribution is -0.141. The Bertz CT molecular complexity index is 1600. The van der Waals surface area contributed by atoms with Crippen molar-refractivity contribution in [2.75, 3.05) is 30.5 Å². The first-order valence-corrected chi connectivity index (χ1v) is 13.6. The topological polar surface area (TPSA) is 114 Å².